The summed E-state index contributed by atoms with van der Waals surface area (Å²) in [4.78, 5) is 12.1. The molecule has 0 aliphatic carbocycles. The van der Waals surface area contributed by atoms with Gasteiger partial charge in [0.15, 0.2) is 0 Å². The molecule has 0 atom stereocenters. The Morgan fingerprint density at radius 1 is 1.32 bits per heavy atom. The quantitative estimate of drug-likeness (QED) is 0.762. The van der Waals surface area contributed by atoms with Gasteiger partial charge in [-0.15, -0.1) is 0 Å². The molecule has 1 aromatic carbocycles. The van der Waals surface area contributed by atoms with Gasteiger partial charge in [-0.1, -0.05) is 23.2 Å². The lowest BCUT2D eigenvalue weighted by atomic mass is 10.1. The van der Waals surface area contributed by atoms with Gasteiger partial charge in [-0.3, -0.25) is 9.69 Å². The summed E-state index contributed by atoms with van der Waals surface area (Å²) in [5, 5.41) is -0.636. The third kappa shape index (κ3) is 4.84. The summed E-state index contributed by atoms with van der Waals surface area (Å²) in [6.07, 6.45) is -4.33. The van der Waals surface area contributed by atoms with Crippen LogP contribution in [0.25, 0.3) is 0 Å². The molecule has 0 amide bonds. The van der Waals surface area contributed by atoms with Gasteiger partial charge in [0.1, 0.15) is 0 Å². The van der Waals surface area contributed by atoms with E-state index in [4.69, 9.17) is 34.8 Å². The zero-order valence-electron chi connectivity index (χ0n) is 9.69. The number of halogens is 6. The minimum Gasteiger partial charge on any atom is -0.294 e. The lowest BCUT2D eigenvalue weighted by Gasteiger charge is -2.20. The molecule has 0 heterocycles. The van der Waals surface area contributed by atoms with Gasteiger partial charge in [0.25, 0.3) is 5.24 Å². The lowest BCUT2D eigenvalue weighted by Crippen LogP contribution is -2.30. The fourth-order valence-corrected chi connectivity index (χ4v) is 2.31. The minimum absolute atomic E-state index is 0.0168. The van der Waals surface area contributed by atoms with Crippen LogP contribution in [0.15, 0.2) is 12.1 Å². The molecule has 0 saturated carbocycles. The van der Waals surface area contributed by atoms with Crippen molar-refractivity contribution in [3.8, 4) is 0 Å². The maximum absolute atomic E-state index is 12.2. The topological polar surface area (TPSA) is 20.3 Å². The van der Waals surface area contributed by atoms with Crippen LogP contribution < -0.4 is 0 Å². The Morgan fingerprint density at radius 2 is 1.89 bits per heavy atom. The predicted molar refractivity (Wildman–Crippen MR) is 69.0 cm³/mol. The zero-order valence-corrected chi connectivity index (χ0v) is 12.0. The smallest absolute Gasteiger partial charge is 0.294 e. The molecule has 0 aliphatic heterocycles. The van der Waals surface area contributed by atoms with Gasteiger partial charge in [-0.25, -0.2) is 0 Å². The highest BCUT2D eigenvalue weighted by Crippen LogP contribution is 2.30. The first kappa shape index (κ1) is 16.6. The van der Waals surface area contributed by atoms with Gasteiger partial charge < -0.3 is 0 Å². The van der Waals surface area contributed by atoms with E-state index < -0.39 is 18.0 Å². The molecule has 1 rings (SSSR count). The average Bonchev–Trinajstić information content (AvgIpc) is 2.21. The van der Waals surface area contributed by atoms with Crippen LogP contribution >= 0.6 is 34.8 Å². The fraction of sp³-hybridized carbons (Fsp3) is 0.364. The Kier molecular flexibility index (Phi) is 5.50. The molecule has 19 heavy (non-hydrogen) atoms. The Labute approximate surface area is 123 Å². The maximum Gasteiger partial charge on any atom is 0.401 e. The van der Waals surface area contributed by atoms with Gasteiger partial charge >= 0.3 is 6.18 Å². The number of alkyl halides is 3. The minimum atomic E-state index is -4.33. The molecule has 106 valence electrons. The Hall–Kier alpha value is -0.490. The van der Waals surface area contributed by atoms with E-state index in [1.165, 1.54) is 19.2 Å². The van der Waals surface area contributed by atoms with Gasteiger partial charge in [-0.2, -0.15) is 13.2 Å². The third-order valence-electron chi connectivity index (χ3n) is 2.28. The number of hydrogen-bond donors (Lipinski definition) is 0. The van der Waals surface area contributed by atoms with Crippen LogP contribution in [0.2, 0.25) is 10.0 Å². The highest BCUT2D eigenvalue weighted by molar-refractivity contribution is 6.68. The van der Waals surface area contributed by atoms with Gasteiger partial charge in [0.05, 0.1) is 17.1 Å². The largest absolute Gasteiger partial charge is 0.401 e. The van der Waals surface area contributed by atoms with E-state index >= 15 is 0 Å². The van der Waals surface area contributed by atoms with Crippen molar-refractivity contribution in [2.45, 2.75) is 12.7 Å². The summed E-state index contributed by atoms with van der Waals surface area (Å²) in [5.74, 6) is 0. The monoisotopic (exact) mass is 333 g/mol. The zero-order chi connectivity index (χ0) is 14.8. The standard InChI is InChI=1S/C11H9Cl3F3NO/c1-18(5-11(15,16)17)4-7-8(12)3-2-6(9(7)13)10(14)19/h2-3H,4-5H2,1H3. The number of carbonyl (C=O) groups is 1. The van der Waals surface area contributed by atoms with E-state index in [0.717, 1.165) is 4.90 Å². The van der Waals surface area contributed by atoms with E-state index in [1.807, 2.05) is 0 Å². The average molecular weight is 335 g/mol. The molecule has 0 saturated heterocycles. The van der Waals surface area contributed by atoms with E-state index in [0.29, 0.717) is 0 Å². The first-order chi connectivity index (χ1) is 8.61. The van der Waals surface area contributed by atoms with Crippen LogP contribution in [0.3, 0.4) is 0 Å². The summed E-state index contributed by atoms with van der Waals surface area (Å²) < 4.78 is 36.7. The van der Waals surface area contributed by atoms with Crippen molar-refractivity contribution in [1.82, 2.24) is 4.90 Å². The van der Waals surface area contributed by atoms with Crippen molar-refractivity contribution in [3.63, 3.8) is 0 Å². The van der Waals surface area contributed by atoms with Crippen molar-refractivity contribution in [2.24, 2.45) is 0 Å². The molecular formula is C11H9Cl3F3NO. The summed E-state index contributed by atoms with van der Waals surface area (Å²) >= 11 is 17.1. The van der Waals surface area contributed by atoms with E-state index in [2.05, 4.69) is 0 Å². The van der Waals surface area contributed by atoms with E-state index in [1.54, 1.807) is 0 Å². The molecule has 0 N–H and O–H groups in total. The molecule has 0 aliphatic rings. The molecule has 1 aromatic rings. The summed E-state index contributed by atoms with van der Waals surface area (Å²) in [7, 11) is 1.27. The molecule has 0 spiro atoms. The lowest BCUT2D eigenvalue weighted by molar-refractivity contribution is -0.144. The fourth-order valence-electron chi connectivity index (χ4n) is 1.53. The van der Waals surface area contributed by atoms with Gasteiger partial charge in [0.2, 0.25) is 0 Å². The second kappa shape index (κ2) is 6.31. The molecule has 8 heteroatoms. The number of rotatable bonds is 4. The highest BCUT2D eigenvalue weighted by Gasteiger charge is 2.29. The number of carbonyl (C=O) groups excluding carboxylic acids is 1. The van der Waals surface area contributed by atoms with Crippen molar-refractivity contribution >= 4 is 40.0 Å². The molecule has 0 bridgehead atoms. The Balaban J connectivity index is 3.01. The van der Waals surface area contributed by atoms with E-state index in [-0.39, 0.29) is 27.7 Å². The number of benzene rings is 1. The van der Waals surface area contributed by atoms with Crippen LogP contribution in [0.1, 0.15) is 15.9 Å². The molecular weight excluding hydrogens is 325 g/mol. The van der Waals surface area contributed by atoms with Crippen LogP contribution in [0, 0.1) is 0 Å². The molecule has 0 radical (unpaired) electrons. The van der Waals surface area contributed by atoms with Crippen LogP contribution in [-0.2, 0) is 6.54 Å². The second-order valence-corrected chi connectivity index (χ2v) is 5.08. The SMILES string of the molecule is CN(Cc1c(Cl)ccc(C(=O)Cl)c1Cl)CC(F)(F)F. The van der Waals surface area contributed by atoms with Crippen molar-refractivity contribution in [3.05, 3.63) is 33.3 Å². The summed E-state index contributed by atoms with van der Waals surface area (Å²) in [6, 6.07) is 2.70. The summed E-state index contributed by atoms with van der Waals surface area (Å²) in [6.45, 7) is -1.26. The Bertz CT molecular complexity index is 491. The van der Waals surface area contributed by atoms with Gasteiger partial charge in [0, 0.05) is 17.1 Å². The first-order valence-corrected chi connectivity index (χ1v) is 6.17. The predicted octanol–water partition coefficient (Wildman–Crippen LogP) is 4.37. The van der Waals surface area contributed by atoms with Crippen molar-refractivity contribution in [2.75, 3.05) is 13.6 Å². The van der Waals surface area contributed by atoms with Gasteiger partial charge in [-0.05, 0) is 30.8 Å². The molecule has 0 aromatic heterocycles. The molecule has 2 nitrogen and oxygen atoms in total. The maximum atomic E-state index is 12.2. The first-order valence-electron chi connectivity index (χ1n) is 5.04. The number of nitrogens with zero attached hydrogens (tertiary/aromatic N) is 1. The normalized spacial score (nSPS) is 12.0. The van der Waals surface area contributed by atoms with Crippen molar-refractivity contribution < 1.29 is 18.0 Å². The van der Waals surface area contributed by atoms with Crippen LogP contribution in [0.4, 0.5) is 13.2 Å². The molecule has 0 unspecified atom stereocenters. The number of hydrogen-bond acceptors (Lipinski definition) is 2. The second-order valence-electron chi connectivity index (χ2n) is 3.95. The van der Waals surface area contributed by atoms with Crippen LogP contribution in [0.5, 0.6) is 0 Å². The summed E-state index contributed by atoms with van der Waals surface area (Å²) in [5.41, 5.74) is 0.254. The molecule has 0 fully saturated rings. The third-order valence-corrected chi connectivity index (χ3v) is 3.26. The Morgan fingerprint density at radius 3 is 2.37 bits per heavy atom. The van der Waals surface area contributed by atoms with Crippen molar-refractivity contribution in [1.29, 1.82) is 0 Å². The highest BCUT2D eigenvalue weighted by atomic mass is 35.5. The van der Waals surface area contributed by atoms with Crippen LogP contribution in [-0.4, -0.2) is 29.9 Å². The van der Waals surface area contributed by atoms with E-state index in [9.17, 15) is 18.0 Å².